The molecule has 12 heteroatoms. The van der Waals surface area contributed by atoms with Crippen LogP contribution in [0.25, 0.3) is 11.1 Å². The zero-order chi connectivity index (χ0) is 27.4. The van der Waals surface area contributed by atoms with Crippen LogP contribution in [-0.4, -0.2) is 39.5 Å². The Hall–Kier alpha value is -3.05. The van der Waals surface area contributed by atoms with Crippen LogP contribution in [0.1, 0.15) is 34.1 Å². The Bertz CT molecular complexity index is 1470. The number of methoxy groups -OCH3 is 1. The Kier molecular flexibility index (Phi) is 8.99. The quantitative estimate of drug-likeness (QED) is 0.169. The maximum atomic E-state index is 12.9. The minimum atomic E-state index is -0.511. The van der Waals surface area contributed by atoms with E-state index in [1.165, 1.54) is 30.2 Å². The van der Waals surface area contributed by atoms with Crippen LogP contribution in [0.2, 0.25) is 10.0 Å². The van der Waals surface area contributed by atoms with Gasteiger partial charge in [-0.15, -0.1) is 21.5 Å². The van der Waals surface area contributed by atoms with Crippen LogP contribution < -0.4 is 10.1 Å². The molecule has 0 spiro atoms. The molecular formula is C26H24Cl2N4O4S2. The van der Waals surface area contributed by atoms with Gasteiger partial charge in [0.1, 0.15) is 16.3 Å². The van der Waals surface area contributed by atoms with Crippen LogP contribution in [0.5, 0.6) is 5.75 Å². The first-order chi connectivity index (χ1) is 18.2. The number of thioether (sulfide) groups is 1. The second-order valence-corrected chi connectivity index (χ2v) is 11.2. The summed E-state index contributed by atoms with van der Waals surface area (Å²) in [5.74, 6) is 0.243. The van der Waals surface area contributed by atoms with Gasteiger partial charge < -0.3 is 19.4 Å². The number of nitrogens with zero attached hydrogens (tertiary/aromatic N) is 3. The number of halogens is 2. The van der Waals surface area contributed by atoms with Crippen molar-refractivity contribution in [2.45, 2.75) is 25.1 Å². The molecule has 2 aromatic heterocycles. The lowest BCUT2D eigenvalue weighted by atomic mass is 10.0. The van der Waals surface area contributed by atoms with Gasteiger partial charge in [0, 0.05) is 28.6 Å². The lowest BCUT2D eigenvalue weighted by molar-refractivity contribution is -0.113. The molecule has 0 fully saturated rings. The van der Waals surface area contributed by atoms with Crippen molar-refractivity contribution < 1.29 is 19.1 Å². The van der Waals surface area contributed by atoms with E-state index < -0.39 is 12.1 Å². The average Bonchev–Trinajstić information content (AvgIpc) is 3.43. The molecule has 0 radical (unpaired) electrons. The fourth-order valence-electron chi connectivity index (χ4n) is 3.79. The van der Waals surface area contributed by atoms with E-state index in [1.807, 2.05) is 44.2 Å². The monoisotopic (exact) mass is 590 g/mol. The van der Waals surface area contributed by atoms with Crippen molar-refractivity contribution >= 4 is 63.2 Å². The highest BCUT2D eigenvalue weighted by atomic mass is 35.5. The molecule has 2 aromatic carbocycles. The normalized spacial score (nSPS) is 11.7. The number of nitrogens with one attached hydrogen (secondary N) is 1. The molecule has 38 heavy (non-hydrogen) atoms. The van der Waals surface area contributed by atoms with Crippen molar-refractivity contribution in [1.29, 1.82) is 0 Å². The number of benzene rings is 2. The van der Waals surface area contributed by atoms with E-state index in [2.05, 4.69) is 15.5 Å². The number of hydrogen-bond acceptors (Lipinski definition) is 8. The number of rotatable bonds is 9. The maximum Gasteiger partial charge on any atom is 0.341 e. The second-order valence-electron chi connectivity index (χ2n) is 8.17. The minimum absolute atomic E-state index is 0.0551. The third-order valence-corrected chi connectivity index (χ3v) is 8.14. The fourth-order valence-corrected chi connectivity index (χ4v) is 5.91. The summed E-state index contributed by atoms with van der Waals surface area (Å²) < 4.78 is 12.7. The van der Waals surface area contributed by atoms with E-state index >= 15 is 0 Å². The van der Waals surface area contributed by atoms with Gasteiger partial charge in [-0.3, -0.25) is 4.79 Å². The van der Waals surface area contributed by atoms with E-state index in [1.54, 1.807) is 29.8 Å². The summed E-state index contributed by atoms with van der Waals surface area (Å²) in [6.07, 6.45) is -0.472. The van der Waals surface area contributed by atoms with Gasteiger partial charge in [-0.25, -0.2) is 4.79 Å². The number of esters is 1. The van der Waals surface area contributed by atoms with Crippen LogP contribution in [0.15, 0.2) is 53.7 Å². The molecular weight excluding hydrogens is 567 g/mol. The van der Waals surface area contributed by atoms with E-state index in [-0.39, 0.29) is 11.7 Å². The minimum Gasteiger partial charge on any atom is -0.481 e. The smallest absolute Gasteiger partial charge is 0.341 e. The topological polar surface area (TPSA) is 95.3 Å². The van der Waals surface area contributed by atoms with Gasteiger partial charge in [0.15, 0.2) is 17.1 Å². The SMILES string of the molecule is COC(=O)c1c(NC(=O)CSc2nnc(C(C)Oc3cc(Cl)ccc3Cl)n2C)sc(C)c1-c1ccccc1. The van der Waals surface area contributed by atoms with Gasteiger partial charge in [-0.1, -0.05) is 65.3 Å². The summed E-state index contributed by atoms with van der Waals surface area (Å²) in [6.45, 7) is 3.73. The number of carbonyl (C=O) groups is 2. The van der Waals surface area contributed by atoms with Crippen LogP contribution in [0.4, 0.5) is 5.00 Å². The number of ether oxygens (including phenoxy) is 2. The summed E-state index contributed by atoms with van der Waals surface area (Å²) in [5.41, 5.74) is 1.96. The maximum absolute atomic E-state index is 12.9. The molecule has 0 aliphatic heterocycles. The number of aromatic nitrogens is 3. The summed E-state index contributed by atoms with van der Waals surface area (Å²) >= 11 is 14.8. The van der Waals surface area contributed by atoms with Crippen LogP contribution in [0.3, 0.4) is 0 Å². The van der Waals surface area contributed by atoms with E-state index in [0.717, 1.165) is 16.0 Å². The molecule has 0 aliphatic carbocycles. The number of thiophene rings is 1. The molecule has 2 heterocycles. The van der Waals surface area contributed by atoms with Gasteiger partial charge in [0.05, 0.1) is 17.9 Å². The molecule has 0 bridgehead atoms. The first-order valence-electron chi connectivity index (χ1n) is 11.4. The van der Waals surface area contributed by atoms with Crippen molar-refractivity contribution in [3.05, 3.63) is 74.8 Å². The Balaban J connectivity index is 1.46. The predicted octanol–water partition coefficient (Wildman–Crippen LogP) is 6.82. The fraction of sp³-hybridized carbons (Fsp3) is 0.231. The number of aryl methyl sites for hydroxylation is 1. The Morgan fingerprint density at radius 3 is 2.61 bits per heavy atom. The molecule has 1 atom stereocenters. The third kappa shape index (κ3) is 6.15. The summed E-state index contributed by atoms with van der Waals surface area (Å²) in [7, 11) is 3.11. The Morgan fingerprint density at radius 2 is 1.89 bits per heavy atom. The van der Waals surface area contributed by atoms with Crippen molar-refractivity contribution in [2.24, 2.45) is 7.05 Å². The van der Waals surface area contributed by atoms with Gasteiger partial charge in [0.25, 0.3) is 0 Å². The number of amides is 1. The van der Waals surface area contributed by atoms with Gasteiger partial charge in [-0.2, -0.15) is 0 Å². The molecule has 1 amide bonds. The van der Waals surface area contributed by atoms with Crippen LogP contribution in [-0.2, 0) is 16.6 Å². The molecule has 0 saturated carbocycles. The third-order valence-electron chi connectivity index (χ3n) is 5.55. The Labute approximate surface area is 238 Å². The Morgan fingerprint density at radius 1 is 1.16 bits per heavy atom. The molecule has 4 rings (SSSR count). The lowest BCUT2D eigenvalue weighted by Gasteiger charge is -2.15. The van der Waals surface area contributed by atoms with Gasteiger partial charge >= 0.3 is 5.97 Å². The zero-order valence-corrected chi connectivity index (χ0v) is 24.1. The number of hydrogen-bond donors (Lipinski definition) is 1. The average molecular weight is 592 g/mol. The summed E-state index contributed by atoms with van der Waals surface area (Å²) in [6, 6.07) is 14.5. The van der Waals surface area contributed by atoms with Gasteiger partial charge in [0.2, 0.25) is 5.91 Å². The number of carbonyl (C=O) groups excluding carboxylic acids is 2. The van der Waals surface area contributed by atoms with Crippen LogP contribution in [0, 0.1) is 6.92 Å². The lowest BCUT2D eigenvalue weighted by Crippen LogP contribution is -2.16. The van der Waals surface area contributed by atoms with Crippen molar-refractivity contribution in [3.8, 4) is 16.9 Å². The molecule has 0 aliphatic rings. The first kappa shape index (κ1) is 28.0. The second kappa shape index (κ2) is 12.2. The standard InChI is InChI=1S/C26H24Cl2N4O4S2/c1-14(36-19-12-17(27)10-11-18(19)28)23-30-31-26(32(23)3)37-13-20(33)29-24-22(25(34)35-4)21(15(2)38-24)16-8-6-5-7-9-16/h5-12,14H,13H2,1-4H3,(H,29,33). The first-order valence-corrected chi connectivity index (χ1v) is 14.0. The highest BCUT2D eigenvalue weighted by Gasteiger charge is 2.25. The van der Waals surface area contributed by atoms with E-state index in [9.17, 15) is 9.59 Å². The van der Waals surface area contributed by atoms with Crippen molar-refractivity contribution in [1.82, 2.24) is 14.8 Å². The van der Waals surface area contributed by atoms with E-state index in [0.29, 0.717) is 37.3 Å². The summed E-state index contributed by atoms with van der Waals surface area (Å²) in [5, 5.41) is 13.2. The predicted molar refractivity (Wildman–Crippen MR) is 152 cm³/mol. The molecule has 198 valence electrons. The zero-order valence-electron chi connectivity index (χ0n) is 21.0. The van der Waals surface area contributed by atoms with Crippen molar-refractivity contribution in [3.63, 3.8) is 0 Å². The molecule has 1 unspecified atom stereocenters. The molecule has 1 N–H and O–H groups in total. The molecule has 8 nitrogen and oxygen atoms in total. The molecule has 0 saturated heterocycles. The van der Waals surface area contributed by atoms with Crippen molar-refractivity contribution in [2.75, 3.05) is 18.2 Å². The molecule has 4 aromatic rings. The van der Waals surface area contributed by atoms with Crippen LogP contribution >= 0.6 is 46.3 Å². The number of anilines is 1. The largest absolute Gasteiger partial charge is 0.481 e. The highest BCUT2D eigenvalue weighted by Crippen LogP contribution is 2.40. The van der Waals surface area contributed by atoms with Gasteiger partial charge in [-0.05, 0) is 31.5 Å². The highest BCUT2D eigenvalue weighted by molar-refractivity contribution is 7.99. The van der Waals surface area contributed by atoms with E-state index in [4.69, 9.17) is 32.7 Å². The summed E-state index contributed by atoms with van der Waals surface area (Å²) in [4.78, 5) is 26.4.